The van der Waals surface area contributed by atoms with Crippen molar-refractivity contribution in [3.63, 3.8) is 0 Å². The molecule has 0 radical (unpaired) electrons. The lowest BCUT2D eigenvalue weighted by Crippen LogP contribution is -2.26. The molecule has 0 saturated heterocycles. The molecule has 2 rings (SSSR count). The number of nitrogens with zero attached hydrogens (tertiary/aromatic N) is 1. The molecule has 2 aromatic rings. The molecule has 8 heteroatoms. The Morgan fingerprint density at radius 3 is 2.68 bits per heavy atom. The first-order valence-electron chi connectivity index (χ1n) is 7.75. The zero-order chi connectivity index (χ0) is 18.4. The van der Waals surface area contributed by atoms with E-state index in [9.17, 15) is 13.2 Å². The largest absolute Gasteiger partial charge is 0.481 e. The molecule has 0 saturated carbocycles. The summed E-state index contributed by atoms with van der Waals surface area (Å²) < 4.78 is 31.7. The number of aromatic nitrogens is 1. The molecular weight excluding hydrogens is 342 g/mol. The molecule has 25 heavy (non-hydrogen) atoms. The zero-order valence-corrected chi connectivity index (χ0v) is 15.2. The number of sulfonamides is 1. The van der Waals surface area contributed by atoms with Gasteiger partial charge in [0.15, 0.2) is 0 Å². The van der Waals surface area contributed by atoms with Gasteiger partial charge in [0, 0.05) is 30.9 Å². The maximum Gasteiger partial charge on any atom is 0.251 e. The maximum absolute atomic E-state index is 12.5. The second-order valence-corrected chi connectivity index (χ2v) is 7.13. The third-order valence-corrected chi connectivity index (χ3v) is 5.10. The lowest BCUT2D eigenvalue weighted by molar-refractivity contribution is 0.0950. The van der Waals surface area contributed by atoms with Crippen LogP contribution in [-0.4, -0.2) is 33.0 Å². The third kappa shape index (κ3) is 4.77. The predicted octanol–water partition coefficient (Wildman–Crippen LogP) is 1.63. The molecule has 0 aliphatic rings. The number of pyridine rings is 1. The fourth-order valence-electron chi connectivity index (χ4n) is 2.24. The van der Waals surface area contributed by atoms with Crippen molar-refractivity contribution in [3.8, 4) is 5.88 Å². The van der Waals surface area contributed by atoms with Crippen LogP contribution in [0.25, 0.3) is 0 Å². The normalized spacial score (nSPS) is 11.2. The molecule has 1 amide bonds. The van der Waals surface area contributed by atoms with Crippen LogP contribution in [0.5, 0.6) is 5.88 Å². The molecule has 0 unspecified atom stereocenters. The van der Waals surface area contributed by atoms with Crippen molar-refractivity contribution in [2.24, 2.45) is 0 Å². The molecule has 2 N–H and O–H groups in total. The van der Waals surface area contributed by atoms with Crippen molar-refractivity contribution in [1.82, 2.24) is 15.0 Å². The summed E-state index contributed by atoms with van der Waals surface area (Å²) in [5.41, 5.74) is 1.84. The van der Waals surface area contributed by atoms with E-state index in [-0.39, 0.29) is 23.9 Å². The van der Waals surface area contributed by atoms with Gasteiger partial charge in [-0.15, -0.1) is 0 Å². The molecule has 0 atom stereocenters. The van der Waals surface area contributed by atoms with Crippen LogP contribution in [0, 0.1) is 6.92 Å². The van der Waals surface area contributed by atoms with Crippen LogP contribution >= 0.6 is 0 Å². The van der Waals surface area contributed by atoms with Gasteiger partial charge in [-0.2, -0.15) is 0 Å². The van der Waals surface area contributed by atoms with Gasteiger partial charge in [0.25, 0.3) is 5.91 Å². The number of aryl methyl sites for hydroxylation is 1. The van der Waals surface area contributed by atoms with E-state index >= 15 is 0 Å². The Balaban J connectivity index is 2.18. The topological polar surface area (TPSA) is 97.4 Å². The van der Waals surface area contributed by atoms with Crippen molar-refractivity contribution >= 4 is 15.9 Å². The van der Waals surface area contributed by atoms with E-state index in [2.05, 4.69) is 15.0 Å². The Kier molecular flexibility index (Phi) is 6.11. The van der Waals surface area contributed by atoms with Crippen LogP contribution in [0.1, 0.15) is 28.4 Å². The smallest absolute Gasteiger partial charge is 0.251 e. The summed E-state index contributed by atoms with van der Waals surface area (Å²) in [6, 6.07) is 7.98. The number of hydrogen-bond donors (Lipinski definition) is 2. The molecule has 134 valence electrons. The summed E-state index contributed by atoms with van der Waals surface area (Å²) in [5, 5.41) is 2.78. The fourth-order valence-corrected chi connectivity index (χ4v) is 3.30. The average molecular weight is 363 g/mol. The molecule has 0 aliphatic carbocycles. The van der Waals surface area contributed by atoms with E-state index in [0.29, 0.717) is 17.0 Å². The molecule has 1 heterocycles. The van der Waals surface area contributed by atoms with Gasteiger partial charge < -0.3 is 10.1 Å². The average Bonchev–Trinajstić information content (AvgIpc) is 2.60. The lowest BCUT2D eigenvalue weighted by atomic mass is 10.1. The van der Waals surface area contributed by atoms with Gasteiger partial charge in [0.05, 0.1) is 12.0 Å². The summed E-state index contributed by atoms with van der Waals surface area (Å²) in [6.45, 7) is 4.01. The first-order valence-corrected chi connectivity index (χ1v) is 9.23. The Hall–Kier alpha value is -2.45. The van der Waals surface area contributed by atoms with Gasteiger partial charge in [-0.05, 0) is 36.2 Å². The number of rotatable bonds is 7. The summed E-state index contributed by atoms with van der Waals surface area (Å²) >= 11 is 0. The van der Waals surface area contributed by atoms with Crippen LogP contribution in [0.4, 0.5) is 0 Å². The van der Waals surface area contributed by atoms with Crippen molar-refractivity contribution < 1.29 is 17.9 Å². The predicted molar refractivity (Wildman–Crippen MR) is 94.0 cm³/mol. The minimum Gasteiger partial charge on any atom is -0.481 e. The first-order chi connectivity index (χ1) is 11.9. The van der Waals surface area contributed by atoms with Crippen LogP contribution in [-0.2, 0) is 16.6 Å². The van der Waals surface area contributed by atoms with E-state index in [1.807, 2.05) is 0 Å². The fraction of sp³-hybridized carbons (Fsp3) is 0.294. The Morgan fingerprint density at radius 1 is 1.24 bits per heavy atom. The summed E-state index contributed by atoms with van der Waals surface area (Å²) in [4.78, 5) is 16.5. The number of carbonyl (C=O) groups is 1. The van der Waals surface area contributed by atoms with Gasteiger partial charge in [0.2, 0.25) is 15.9 Å². The van der Waals surface area contributed by atoms with Gasteiger partial charge in [-0.25, -0.2) is 18.1 Å². The Labute approximate surface area is 147 Å². The van der Waals surface area contributed by atoms with E-state index in [4.69, 9.17) is 4.74 Å². The highest BCUT2D eigenvalue weighted by Crippen LogP contribution is 2.16. The second-order valence-electron chi connectivity index (χ2n) is 5.37. The monoisotopic (exact) mass is 363 g/mol. The maximum atomic E-state index is 12.5. The number of amides is 1. The number of nitrogens with one attached hydrogen (secondary N) is 2. The molecule has 0 fully saturated rings. The van der Waals surface area contributed by atoms with Crippen LogP contribution < -0.4 is 14.8 Å². The minimum absolute atomic E-state index is 0.0654. The van der Waals surface area contributed by atoms with E-state index in [0.717, 1.165) is 5.56 Å². The molecule has 1 aromatic heterocycles. The van der Waals surface area contributed by atoms with Gasteiger partial charge in [-0.3, -0.25) is 4.79 Å². The summed E-state index contributed by atoms with van der Waals surface area (Å²) in [7, 11) is -2.10. The van der Waals surface area contributed by atoms with Crippen LogP contribution in [0.2, 0.25) is 0 Å². The van der Waals surface area contributed by atoms with Crippen LogP contribution in [0.3, 0.4) is 0 Å². The highest BCUT2D eigenvalue weighted by Gasteiger charge is 2.17. The highest BCUT2D eigenvalue weighted by molar-refractivity contribution is 7.89. The SMILES string of the molecule is CCNS(=O)(=O)c1ccc(C)c(C(=O)NCc2ccnc(OC)c2)c1. The second kappa shape index (κ2) is 8.09. The van der Waals surface area contributed by atoms with Crippen molar-refractivity contribution in [3.05, 3.63) is 53.2 Å². The molecule has 0 spiro atoms. The number of benzene rings is 1. The zero-order valence-electron chi connectivity index (χ0n) is 14.4. The lowest BCUT2D eigenvalue weighted by Gasteiger charge is -2.11. The molecule has 0 aliphatic heterocycles. The van der Waals surface area contributed by atoms with E-state index in [1.165, 1.54) is 19.2 Å². The van der Waals surface area contributed by atoms with E-state index < -0.39 is 10.0 Å². The Morgan fingerprint density at radius 2 is 2.00 bits per heavy atom. The van der Waals surface area contributed by atoms with Crippen molar-refractivity contribution in [1.29, 1.82) is 0 Å². The van der Waals surface area contributed by atoms with Gasteiger partial charge >= 0.3 is 0 Å². The summed E-state index contributed by atoms with van der Waals surface area (Å²) in [6.07, 6.45) is 1.59. The van der Waals surface area contributed by atoms with Crippen LogP contribution in [0.15, 0.2) is 41.4 Å². The third-order valence-electron chi connectivity index (χ3n) is 3.56. The highest BCUT2D eigenvalue weighted by atomic mass is 32.2. The van der Waals surface area contributed by atoms with Gasteiger partial charge in [-0.1, -0.05) is 13.0 Å². The van der Waals surface area contributed by atoms with Gasteiger partial charge in [0.1, 0.15) is 0 Å². The minimum atomic E-state index is -3.61. The molecular formula is C17H21N3O4S. The molecule has 0 bridgehead atoms. The molecule has 1 aromatic carbocycles. The number of carbonyl (C=O) groups excluding carboxylic acids is 1. The summed E-state index contributed by atoms with van der Waals surface area (Å²) in [5.74, 6) is 0.114. The standard InChI is InChI=1S/C17H21N3O4S/c1-4-20-25(22,23)14-6-5-12(2)15(10-14)17(21)19-11-13-7-8-18-16(9-13)24-3/h5-10,20H,4,11H2,1-3H3,(H,19,21). The van der Waals surface area contributed by atoms with Crippen molar-refractivity contribution in [2.75, 3.05) is 13.7 Å². The number of hydrogen-bond acceptors (Lipinski definition) is 5. The molecule has 7 nitrogen and oxygen atoms in total. The van der Waals surface area contributed by atoms with Crippen molar-refractivity contribution in [2.45, 2.75) is 25.3 Å². The first kappa shape index (κ1) is 18.9. The number of methoxy groups -OCH3 is 1. The number of ether oxygens (including phenoxy) is 1. The Bertz CT molecular complexity index is 866. The quantitative estimate of drug-likeness (QED) is 0.779. The van der Waals surface area contributed by atoms with E-state index in [1.54, 1.807) is 38.2 Å².